The van der Waals surface area contributed by atoms with Crippen molar-refractivity contribution >= 4 is 39.3 Å². The monoisotopic (exact) mass is 544 g/mol. The van der Waals surface area contributed by atoms with Gasteiger partial charge in [-0.05, 0) is 70.6 Å². The smallest absolute Gasteiger partial charge is 0.410 e. The Balaban J connectivity index is 1.47. The predicted octanol–water partition coefficient (Wildman–Crippen LogP) is 5.35. The van der Waals surface area contributed by atoms with E-state index in [0.717, 1.165) is 60.3 Å². The molecule has 3 heterocycles. The van der Waals surface area contributed by atoms with Crippen LogP contribution in [0.4, 0.5) is 4.79 Å². The van der Waals surface area contributed by atoms with Crippen LogP contribution in [0.25, 0.3) is 16.0 Å². The number of benzene rings is 1. The van der Waals surface area contributed by atoms with Crippen LogP contribution in [0.5, 0.6) is 0 Å². The maximum atomic E-state index is 13.0. The summed E-state index contributed by atoms with van der Waals surface area (Å²) in [5.41, 5.74) is 2.19. The van der Waals surface area contributed by atoms with E-state index in [2.05, 4.69) is 0 Å². The largest absolute Gasteiger partial charge is 0.444 e. The lowest BCUT2D eigenvalue weighted by Crippen LogP contribution is -2.38. The molecule has 1 unspecified atom stereocenters. The molecule has 38 heavy (non-hydrogen) atoms. The van der Waals surface area contributed by atoms with Gasteiger partial charge >= 0.3 is 6.09 Å². The summed E-state index contributed by atoms with van der Waals surface area (Å²) in [6.45, 7) is 8.83. The molecular weight excluding hydrogens is 504 g/mol. The van der Waals surface area contributed by atoms with Crippen LogP contribution in [-0.4, -0.2) is 83.4 Å². The average molecular weight is 545 g/mol. The maximum Gasteiger partial charge on any atom is 0.410 e. The number of unbranched alkanes of at least 4 members (excludes halogenated alkanes) is 1. The zero-order valence-electron chi connectivity index (χ0n) is 23.2. The van der Waals surface area contributed by atoms with Crippen molar-refractivity contribution in [2.45, 2.75) is 71.1 Å². The van der Waals surface area contributed by atoms with Gasteiger partial charge in [0.15, 0.2) is 4.96 Å². The number of methoxy groups -OCH3 is 1. The van der Waals surface area contributed by atoms with E-state index in [0.29, 0.717) is 31.1 Å². The van der Waals surface area contributed by atoms with E-state index in [1.807, 2.05) is 56.6 Å². The number of imidazole rings is 1. The van der Waals surface area contributed by atoms with Crippen molar-refractivity contribution in [1.29, 1.82) is 0 Å². The molecule has 1 atom stereocenters. The Morgan fingerprint density at radius 2 is 2.05 bits per heavy atom. The molecule has 1 aliphatic heterocycles. The first kappa shape index (κ1) is 28.3. The number of rotatable bonds is 11. The van der Waals surface area contributed by atoms with Crippen LogP contribution in [0.15, 0.2) is 24.4 Å². The highest BCUT2D eigenvalue weighted by molar-refractivity contribution is 7.18. The Morgan fingerprint density at radius 3 is 2.76 bits per heavy atom. The molecule has 1 aliphatic rings. The van der Waals surface area contributed by atoms with Crippen molar-refractivity contribution in [2.75, 3.05) is 40.5 Å². The zero-order valence-corrected chi connectivity index (χ0v) is 24.0. The van der Waals surface area contributed by atoms with Gasteiger partial charge in [0.2, 0.25) is 0 Å². The predicted molar refractivity (Wildman–Crippen MR) is 149 cm³/mol. The van der Waals surface area contributed by atoms with Crippen LogP contribution >= 0.6 is 11.3 Å². The minimum atomic E-state index is -0.565. The molecule has 0 N–H and O–H groups in total. The van der Waals surface area contributed by atoms with E-state index in [9.17, 15) is 9.59 Å². The molecule has 10 heteroatoms. The second-order valence-electron chi connectivity index (χ2n) is 10.9. The highest BCUT2D eigenvalue weighted by atomic mass is 32.1. The van der Waals surface area contributed by atoms with E-state index in [4.69, 9.17) is 19.2 Å². The standard InChI is InChI=1S/C28H40N4O5S/c1-28(2,3)37-27(34)31(14-12-21-9-8-16-36-21)18-20-10-11-23-22(17-20)29-26-32(23)19-24(38-26)25(33)30(4)13-6-7-15-35-5/h10-11,17,19,21H,6-9,12-16,18H2,1-5H3. The number of carbonyl (C=O) groups excluding carboxylic acids is 2. The van der Waals surface area contributed by atoms with E-state index < -0.39 is 5.60 Å². The van der Waals surface area contributed by atoms with E-state index in [-0.39, 0.29) is 18.1 Å². The van der Waals surface area contributed by atoms with Gasteiger partial charge in [-0.25, -0.2) is 9.78 Å². The molecule has 1 fully saturated rings. The van der Waals surface area contributed by atoms with Crippen LogP contribution < -0.4 is 0 Å². The van der Waals surface area contributed by atoms with Gasteiger partial charge in [0.05, 0.1) is 17.1 Å². The van der Waals surface area contributed by atoms with Gasteiger partial charge in [0.25, 0.3) is 5.91 Å². The topological polar surface area (TPSA) is 85.6 Å². The molecule has 2 aromatic heterocycles. The Bertz CT molecular complexity index is 1240. The Labute approximate surface area is 228 Å². The first-order valence-corrected chi connectivity index (χ1v) is 14.2. The Kier molecular flexibility index (Phi) is 9.27. The van der Waals surface area contributed by atoms with Crippen molar-refractivity contribution in [3.8, 4) is 0 Å². The second kappa shape index (κ2) is 12.4. The van der Waals surface area contributed by atoms with Gasteiger partial charge in [0.1, 0.15) is 10.5 Å². The fourth-order valence-electron chi connectivity index (χ4n) is 4.60. The highest BCUT2D eigenvalue weighted by Crippen LogP contribution is 2.26. The van der Waals surface area contributed by atoms with Crippen molar-refractivity contribution in [3.05, 3.63) is 34.8 Å². The molecule has 0 spiro atoms. The molecule has 0 saturated carbocycles. The van der Waals surface area contributed by atoms with Crippen LogP contribution in [-0.2, 0) is 20.8 Å². The lowest BCUT2D eigenvalue weighted by atomic mass is 10.1. The van der Waals surface area contributed by atoms with Crippen LogP contribution in [0.3, 0.4) is 0 Å². The summed E-state index contributed by atoms with van der Waals surface area (Å²) in [5.74, 6) is 0.00179. The van der Waals surface area contributed by atoms with Crippen LogP contribution in [0.2, 0.25) is 0 Å². The lowest BCUT2D eigenvalue weighted by molar-refractivity contribution is 0.0190. The van der Waals surface area contributed by atoms with E-state index in [1.54, 1.807) is 16.9 Å². The molecule has 4 rings (SSSR count). The number of nitrogens with zero attached hydrogens (tertiary/aromatic N) is 4. The number of aromatic nitrogens is 2. The number of amides is 2. The minimum absolute atomic E-state index is 0.00179. The molecule has 0 aliphatic carbocycles. The average Bonchev–Trinajstić information content (AvgIpc) is 3.59. The van der Waals surface area contributed by atoms with Gasteiger partial charge in [-0.15, -0.1) is 0 Å². The van der Waals surface area contributed by atoms with Gasteiger partial charge < -0.3 is 24.0 Å². The lowest BCUT2D eigenvalue weighted by Gasteiger charge is -2.28. The number of fused-ring (bicyclic) bond motifs is 3. The molecule has 3 aromatic rings. The summed E-state index contributed by atoms with van der Waals surface area (Å²) >= 11 is 1.39. The van der Waals surface area contributed by atoms with Crippen molar-refractivity contribution in [2.24, 2.45) is 0 Å². The quantitative estimate of drug-likeness (QED) is 0.303. The molecule has 9 nitrogen and oxygen atoms in total. The molecule has 208 valence electrons. The molecule has 0 bridgehead atoms. The minimum Gasteiger partial charge on any atom is -0.444 e. The first-order chi connectivity index (χ1) is 18.1. The van der Waals surface area contributed by atoms with Gasteiger partial charge in [0, 0.05) is 53.2 Å². The number of hydrogen-bond acceptors (Lipinski definition) is 7. The SMILES string of the molecule is COCCCCN(C)C(=O)c1cn2c(nc3cc(CN(CCC4CCCO4)C(=O)OC(C)(C)C)ccc32)s1. The van der Waals surface area contributed by atoms with Crippen molar-refractivity contribution in [3.63, 3.8) is 0 Å². The Hall–Kier alpha value is -2.69. The highest BCUT2D eigenvalue weighted by Gasteiger charge is 2.25. The fourth-order valence-corrected chi connectivity index (χ4v) is 5.59. The summed E-state index contributed by atoms with van der Waals surface area (Å²) in [6, 6.07) is 6.04. The number of carbonyl (C=O) groups is 2. The Morgan fingerprint density at radius 1 is 1.24 bits per heavy atom. The summed E-state index contributed by atoms with van der Waals surface area (Å²) < 4.78 is 18.5. The third kappa shape index (κ3) is 7.24. The van der Waals surface area contributed by atoms with Crippen LogP contribution in [0.1, 0.15) is 68.1 Å². The van der Waals surface area contributed by atoms with Gasteiger partial charge in [-0.2, -0.15) is 0 Å². The molecule has 1 aromatic carbocycles. The van der Waals surface area contributed by atoms with Crippen LogP contribution in [0, 0.1) is 0 Å². The van der Waals surface area contributed by atoms with Crippen molar-refractivity contribution in [1.82, 2.24) is 19.2 Å². The van der Waals surface area contributed by atoms with E-state index in [1.165, 1.54) is 11.3 Å². The van der Waals surface area contributed by atoms with Crippen molar-refractivity contribution < 1.29 is 23.8 Å². The molecule has 2 amide bonds. The third-order valence-electron chi connectivity index (χ3n) is 6.59. The number of thiazole rings is 1. The number of hydrogen-bond donors (Lipinski definition) is 0. The first-order valence-electron chi connectivity index (χ1n) is 13.4. The number of ether oxygens (including phenoxy) is 3. The fraction of sp³-hybridized carbons (Fsp3) is 0.607. The van der Waals surface area contributed by atoms with E-state index >= 15 is 0 Å². The van der Waals surface area contributed by atoms with Gasteiger partial charge in [-0.1, -0.05) is 17.4 Å². The second-order valence-corrected chi connectivity index (χ2v) is 11.9. The normalized spacial score (nSPS) is 15.9. The summed E-state index contributed by atoms with van der Waals surface area (Å²) in [4.78, 5) is 35.6. The third-order valence-corrected chi connectivity index (χ3v) is 7.56. The summed E-state index contributed by atoms with van der Waals surface area (Å²) in [7, 11) is 3.52. The molecular formula is C28H40N4O5S. The molecule has 1 saturated heterocycles. The molecule has 0 radical (unpaired) electrons. The summed E-state index contributed by atoms with van der Waals surface area (Å²) in [6.07, 6.45) is 6.47. The zero-order chi connectivity index (χ0) is 27.3. The van der Waals surface area contributed by atoms with Gasteiger partial charge in [-0.3, -0.25) is 9.20 Å². The maximum absolute atomic E-state index is 13.0. The summed E-state index contributed by atoms with van der Waals surface area (Å²) in [5, 5.41) is 0.